The van der Waals surface area contributed by atoms with Crippen molar-refractivity contribution < 1.29 is 9.59 Å². The largest absolute Gasteiger partial charge is 0.340 e. The number of carbonyl (C=O) groups is 2. The van der Waals surface area contributed by atoms with Crippen molar-refractivity contribution >= 4 is 22.7 Å². The molecule has 1 aromatic carbocycles. The minimum absolute atomic E-state index is 0.0220. The number of pyridine rings is 2. The molecule has 2 amide bonds. The number of rotatable bonds is 6. The second-order valence-corrected chi connectivity index (χ2v) is 10.6. The molecule has 0 spiro atoms. The molecule has 2 atom stereocenters. The van der Waals surface area contributed by atoms with Gasteiger partial charge in [-0.3, -0.25) is 14.6 Å². The van der Waals surface area contributed by atoms with E-state index in [1.807, 2.05) is 24.8 Å². The molecule has 1 aliphatic rings. The van der Waals surface area contributed by atoms with Crippen LogP contribution in [0.3, 0.4) is 0 Å². The summed E-state index contributed by atoms with van der Waals surface area (Å²) in [4.78, 5) is 37.1. The van der Waals surface area contributed by atoms with E-state index in [-0.39, 0.29) is 23.1 Å². The number of hydrogen-bond acceptors (Lipinski definition) is 4. The first-order chi connectivity index (χ1) is 16.7. The molecule has 1 N–H and O–H groups in total. The topological polar surface area (TPSA) is 75.2 Å². The van der Waals surface area contributed by atoms with Gasteiger partial charge in [0.1, 0.15) is 11.7 Å². The molecule has 6 nitrogen and oxygen atoms in total. The SMILES string of the molecule is CCc1ccc([C@H]2CCN(C(=O)[C@H](NC(=O)c3ccc4cnccc4n3)C(C)C)CC2(C)C)cc1. The summed E-state index contributed by atoms with van der Waals surface area (Å²) in [5, 5.41) is 3.84. The van der Waals surface area contributed by atoms with Crippen molar-refractivity contribution in [1.29, 1.82) is 0 Å². The summed E-state index contributed by atoms with van der Waals surface area (Å²) in [6.45, 7) is 11.9. The van der Waals surface area contributed by atoms with E-state index in [1.165, 1.54) is 11.1 Å². The average molecular weight is 473 g/mol. The summed E-state index contributed by atoms with van der Waals surface area (Å²) in [5.41, 5.74) is 3.62. The number of fused-ring (bicyclic) bond motifs is 1. The van der Waals surface area contributed by atoms with E-state index in [0.717, 1.165) is 18.2 Å². The van der Waals surface area contributed by atoms with E-state index in [0.29, 0.717) is 30.2 Å². The molecule has 0 bridgehead atoms. The third kappa shape index (κ3) is 5.37. The fraction of sp³-hybridized carbons (Fsp3) is 0.448. The summed E-state index contributed by atoms with van der Waals surface area (Å²) in [6.07, 6.45) is 5.31. The monoisotopic (exact) mass is 472 g/mol. The fourth-order valence-electron chi connectivity index (χ4n) is 5.17. The molecule has 1 aliphatic heterocycles. The molecule has 1 fully saturated rings. The first kappa shape index (κ1) is 24.8. The highest BCUT2D eigenvalue weighted by Gasteiger charge is 2.40. The fourth-order valence-corrected chi connectivity index (χ4v) is 5.17. The van der Waals surface area contributed by atoms with E-state index in [9.17, 15) is 9.59 Å². The Labute approximate surface area is 208 Å². The first-order valence-electron chi connectivity index (χ1n) is 12.6. The lowest BCUT2D eigenvalue weighted by Crippen LogP contribution is -2.56. The zero-order valence-corrected chi connectivity index (χ0v) is 21.4. The lowest BCUT2D eigenvalue weighted by molar-refractivity contribution is -0.137. The van der Waals surface area contributed by atoms with Crippen LogP contribution < -0.4 is 5.32 Å². The standard InChI is InChI=1S/C29H36N4O2/c1-6-20-7-9-21(10-8-20)23-14-16-33(18-29(23,4)5)28(35)26(19(2)3)32-27(34)25-12-11-22-17-30-15-13-24(22)31-25/h7-13,15,17,19,23,26H,6,14,16,18H2,1-5H3,(H,32,34)/t23-,26-/m1/s1. The number of nitrogens with one attached hydrogen (secondary N) is 1. The van der Waals surface area contributed by atoms with Crippen LogP contribution >= 0.6 is 0 Å². The summed E-state index contributed by atoms with van der Waals surface area (Å²) in [6, 6.07) is 13.6. The van der Waals surface area contributed by atoms with Gasteiger partial charge in [0.2, 0.25) is 5.91 Å². The molecular weight excluding hydrogens is 436 g/mol. The Morgan fingerprint density at radius 3 is 2.51 bits per heavy atom. The Kier molecular flexibility index (Phi) is 7.20. The minimum atomic E-state index is -0.603. The third-order valence-corrected chi connectivity index (χ3v) is 7.27. The van der Waals surface area contributed by atoms with Crippen molar-refractivity contribution in [3.8, 4) is 0 Å². The third-order valence-electron chi connectivity index (χ3n) is 7.27. The zero-order valence-electron chi connectivity index (χ0n) is 21.4. The maximum absolute atomic E-state index is 13.6. The summed E-state index contributed by atoms with van der Waals surface area (Å²) < 4.78 is 0. The number of likely N-dealkylation sites (tertiary alicyclic amines) is 1. The first-order valence-corrected chi connectivity index (χ1v) is 12.6. The van der Waals surface area contributed by atoms with Crippen molar-refractivity contribution in [1.82, 2.24) is 20.2 Å². The van der Waals surface area contributed by atoms with Gasteiger partial charge < -0.3 is 10.2 Å². The lowest BCUT2D eigenvalue weighted by Gasteiger charge is -2.45. The van der Waals surface area contributed by atoms with Crippen LogP contribution in [0.25, 0.3) is 10.9 Å². The van der Waals surface area contributed by atoms with Crippen LogP contribution in [0.1, 0.15) is 68.6 Å². The molecule has 0 saturated carbocycles. The number of amides is 2. The molecule has 4 rings (SSSR count). The molecular formula is C29H36N4O2. The molecule has 6 heteroatoms. The van der Waals surface area contributed by atoms with Crippen molar-refractivity contribution in [2.24, 2.45) is 11.3 Å². The summed E-state index contributed by atoms with van der Waals surface area (Å²) in [7, 11) is 0. The van der Waals surface area contributed by atoms with Gasteiger partial charge in [-0.2, -0.15) is 0 Å². The van der Waals surface area contributed by atoms with Crippen LogP contribution in [0, 0.1) is 11.3 Å². The quantitative estimate of drug-likeness (QED) is 0.548. The summed E-state index contributed by atoms with van der Waals surface area (Å²) >= 11 is 0. The number of nitrogens with zero attached hydrogens (tertiary/aromatic N) is 3. The zero-order chi connectivity index (χ0) is 25.2. The Morgan fingerprint density at radius 1 is 1.11 bits per heavy atom. The highest BCUT2D eigenvalue weighted by molar-refractivity contribution is 5.97. The number of carbonyl (C=O) groups excluding carboxylic acids is 2. The Balaban J connectivity index is 1.47. The van der Waals surface area contributed by atoms with E-state index in [4.69, 9.17) is 0 Å². The Hall–Kier alpha value is -3.28. The molecule has 3 aromatic rings. The highest BCUT2D eigenvalue weighted by Crippen LogP contribution is 2.42. The Morgan fingerprint density at radius 2 is 1.86 bits per heavy atom. The van der Waals surface area contributed by atoms with E-state index < -0.39 is 6.04 Å². The number of aromatic nitrogens is 2. The predicted octanol–water partition coefficient (Wildman–Crippen LogP) is 4.99. The van der Waals surface area contributed by atoms with Gasteiger partial charge in [-0.1, -0.05) is 58.9 Å². The van der Waals surface area contributed by atoms with E-state index in [2.05, 4.69) is 60.3 Å². The second kappa shape index (κ2) is 10.1. The van der Waals surface area contributed by atoms with Gasteiger partial charge in [-0.25, -0.2) is 4.98 Å². The second-order valence-electron chi connectivity index (χ2n) is 10.6. The lowest BCUT2D eigenvalue weighted by atomic mass is 9.70. The van der Waals surface area contributed by atoms with Crippen molar-refractivity contribution in [2.45, 2.75) is 59.4 Å². The normalized spacial score (nSPS) is 18.5. The molecule has 184 valence electrons. The number of hydrogen-bond donors (Lipinski definition) is 1. The van der Waals surface area contributed by atoms with Crippen molar-refractivity contribution in [2.75, 3.05) is 13.1 Å². The predicted molar refractivity (Wildman–Crippen MR) is 139 cm³/mol. The maximum atomic E-state index is 13.6. The maximum Gasteiger partial charge on any atom is 0.270 e. The number of benzene rings is 1. The molecule has 1 saturated heterocycles. The van der Waals surface area contributed by atoms with Crippen LogP contribution in [0.2, 0.25) is 0 Å². The van der Waals surface area contributed by atoms with Crippen molar-refractivity contribution in [3.63, 3.8) is 0 Å². The molecule has 0 aliphatic carbocycles. The van der Waals surface area contributed by atoms with Crippen LogP contribution in [0.5, 0.6) is 0 Å². The van der Waals surface area contributed by atoms with Gasteiger partial charge in [0.15, 0.2) is 0 Å². The Bertz CT molecular complexity index is 1200. The smallest absolute Gasteiger partial charge is 0.270 e. The van der Waals surface area contributed by atoms with Gasteiger partial charge in [0.05, 0.1) is 5.52 Å². The van der Waals surface area contributed by atoms with Crippen molar-refractivity contribution in [3.05, 3.63) is 71.7 Å². The van der Waals surface area contributed by atoms with Crippen LogP contribution in [-0.4, -0.2) is 45.8 Å². The van der Waals surface area contributed by atoms with Gasteiger partial charge >= 0.3 is 0 Å². The molecule has 0 unspecified atom stereocenters. The molecule has 2 aromatic heterocycles. The number of aryl methyl sites for hydroxylation is 1. The van der Waals surface area contributed by atoms with Gasteiger partial charge in [-0.05, 0) is 59.4 Å². The highest BCUT2D eigenvalue weighted by atomic mass is 16.2. The van der Waals surface area contributed by atoms with E-state index >= 15 is 0 Å². The van der Waals surface area contributed by atoms with Gasteiger partial charge in [-0.15, -0.1) is 0 Å². The van der Waals surface area contributed by atoms with Gasteiger partial charge in [0, 0.05) is 30.9 Å². The number of piperidine rings is 1. The average Bonchev–Trinajstić information content (AvgIpc) is 2.85. The van der Waals surface area contributed by atoms with Crippen LogP contribution in [0.4, 0.5) is 0 Å². The van der Waals surface area contributed by atoms with Gasteiger partial charge in [0.25, 0.3) is 5.91 Å². The summed E-state index contributed by atoms with van der Waals surface area (Å²) in [5.74, 6) is -0.00788. The van der Waals surface area contributed by atoms with Crippen LogP contribution in [-0.2, 0) is 11.2 Å². The minimum Gasteiger partial charge on any atom is -0.340 e. The molecule has 35 heavy (non-hydrogen) atoms. The molecule has 3 heterocycles. The molecule has 0 radical (unpaired) electrons. The van der Waals surface area contributed by atoms with E-state index in [1.54, 1.807) is 24.5 Å². The van der Waals surface area contributed by atoms with Crippen LogP contribution in [0.15, 0.2) is 54.9 Å².